The molecule has 2 aromatic carbocycles. The van der Waals surface area contributed by atoms with Crippen LogP contribution in [0.25, 0.3) is 11.1 Å². The molecule has 1 fully saturated rings. The van der Waals surface area contributed by atoms with E-state index in [4.69, 9.17) is 27.9 Å². The van der Waals surface area contributed by atoms with Crippen LogP contribution in [0.5, 0.6) is 0 Å². The van der Waals surface area contributed by atoms with Crippen molar-refractivity contribution < 1.29 is 4.74 Å². The van der Waals surface area contributed by atoms with Crippen molar-refractivity contribution in [2.75, 3.05) is 13.7 Å². The third-order valence-electron chi connectivity index (χ3n) is 5.21. The van der Waals surface area contributed by atoms with Crippen molar-refractivity contribution in [1.82, 2.24) is 0 Å². The molecule has 1 nitrogen and oxygen atoms in total. The predicted octanol–water partition coefficient (Wildman–Crippen LogP) is 6.97. The summed E-state index contributed by atoms with van der Waals surface area (Å²) in [7, 11) is 1.79. The third kappa shape index (κ3) is 4.33. The van der Waals surface area contributed by atoms with Crippen LogP contribution >= 0.6 is 23.2 Å². The van der Waals surface area contributed by atoms with Gasteiger partial charge in [0.15, 0.2) is 0 Å². The standard InChI is InChI=1S/C21H24Cl2O/c1-24-13-12-15-2-4-16(5-3-15)17-6-8-18(9-7-17)19-10-11-20(22)21(23)14-19/h6-11,14-16H,2-5,12-13H2,1H3. The monoisotopic (exact) mass is 362 g/mol. The fraction of sp³-hybridized carbons (Fsp3) is 0.429. The molecule has 0 aromatic heterocycles. The molecule has 0 spiro atoms. The van der Waals surface area contributed by atoms with Crippen LogP contribution in [0.1, 0.15) is 43.6 Å². The zero-order chi connectivity index (χ0) is 16.9. The first-order chi connectivity index (χ1) is 11.7. The Bertz CT molecular complexity index is 658. The summed E-state index contributed by atoms with van der Waals surface area (Å²) in [6, 6.07) is 14.8. The van der Waals surface area contributed by atoms with Crippen molar-refractivity contribution in [3.8, 4) is 11.1 Å². The van der Waals surface area contributed by atoms with Gasteiger partial charge in [-0.25, -0.2) is 0 Å². The van der Waals surface area contributed by atoms with Crippen molar-refractivity contribution >= 4 is 23.2 Å². The largest absolute Gasteiger partial charge is 0.385 e. The Balaban J connectivity index is 1.64. The number of methoxy groups -OCH3 is 1. The maximum Gasteiger partial charge on any atom is 0.0598 e. The summed E-state index contributed by atoms with van der Waals surface area (Å²) in [5.41, 5.74) is 3.76. The fourth-order valence-corrected chi connectivity index (χ4v) is 3.99. The van der Waals surface area contributed by atoms with Gasteiger partial charge in [0, 0.05) is 13.7 Å². The first kappa shape index (κ1) is 17.8. The average molecular weight is 363 g/mol. The maximum absolute atomic E-state index is 6.13. The first-order valence-electron chi connectivity index (χ1n) is 8.71. The zero-order valence-corrected chi connectivity index (χ0v) is 15.6. The van der Waals surface area contributed by atoms with E-state index in [1.807, 2.05) is 18.2 Å². The molecule has 1 aliphatic rings. The van der Waals surface area contributed by atoms with E-state index in [1.165, 1.54) is 43.2 Å². The van der Waals surface area contributed by atoms with E-state index in [-0.39, 0.29) is 0 Å². The normalized spacial score (nSPS) is 21.0. The highest BCUT2D eigenvalue weighted by atomic mass is 35.5. The quantitative estimate of drug-likeness (QED) is 0.557. The second-order valence-corrected chi connectivity index (χ2v) is 7.56. The average Bonchev–Trinajstić information content (AvgIpc) is 2.63. The molecular formula is C21H24Cl2O. The molecule has 3 heteroatoms. The van der Waals surface area contributed by atoms with Crippen LogP contribution < -0.4 is 0 Å². The number of halogens is 2. The summed E-state index contributed by atoms with van der Waals surface area (Å²) in [4.78, 5) is 0. The molecule has 0 saturated heterocycles. The van der Waals surface area contributed by atoms with Gasteiger partial charge in [-0.1, -0.05) is 53.5 Å². The van der Waals surface area contributed by atoms with Crippen LogP contribution in [0, 0.1) is 5.92 Å². The van der Waals surface area contributed by atoms with Crippen LogP contribution in [0.2, 0.25) is 10.0 Å². The molecule has 0 heterocycles. The lowest BCUT2D eigenvalue weighted by Gasteiger charge is -2.28. The molecule has 1 saturated carbocycles. The summed E-state index contributed by atoms with van der Waals surface area (Å²) in [6.45, 7) is 0.897. The van der Waals surface area contributed by atoms with Gasteiger partial charge in [-0.2, -0.15) is 0 Å². The second kappa shape index (κ2) is 8.38. The SMILES string of the molecule is COCCC1CCC(c2ccc(-c3ccc(Cl)c(Cl)c3)cc2)CC1. The van der Waals surface area contributed by atoms with E-state index in [0.717, 1.165) is 18.1 Å². The number of benzene rings is 2. The van der Waals surface area contributed by atoms with Crippen LogP contribution in [-0.2, 0) is 4.74 Å². The molecule has 3 rings (SSSR count). The Morgan fingerprint density at radius 3 is 2.17 bits per heavy atom. The van der Waals surface area contributed by atoms with E-state index in [2.05, 4.69) is 24.3 Å². The van der Waals surface area contributed by atoms with Crippen LogP contribution in [0.3, 0.4) is 0 Å². The van der Waals surface area contributed by atoms with E-state index >= 15 is 0 Å². The number of hydrogen-bond donors (Lipinski definition) is 0. The Labute approximate surface area is 154 Å². The van der Waals surface area contributed by atoms with Crippen molar-refractivity contribution in [3.63, 3.8) is 0 Å². The van der Waals surface area contributed by atoms with Gasteiger partial charge in [-0.15, -0.1) is 0 Å². The van der Waals surface area contributed by atoms with Gasteiger partial charge in [0.2, 0.25) is 0 Å². The van der Waals surface area contributed by atoms with Gasteiger partial charge in [-0.3, -0.25) is 0 Å². The number of hydrogen-bond acceptors (Lipinski definition) is 1. The maximum atomic E-state index is 6.13. The smallest absolute Gasteiger partial charge is 0.0598 e. The van der Waals surface area contributed by atoms with Gasteiger partial charge in [0.1, 0.15) is 0 Å². The summed E-state index contributed by atoms with van der Waals surface area (Å²) in [5.74, 6) is 1.54. The van der Waals surface area contributed by atoms with E-state index < -0.39 is 0 Å². The zero-order valence-electron chi connectivity index (χ0n) is 14.1. The van der Waals surface area contributed by atoms with Gasteiger partial charge in [-0.05, 0) is 72.8 Å². The minimum atomic E-state index is 0.599. The van der Waals surface area contributed by atoms with Crippen molar-refractivity contribution in [2.24, 2.45) is 5.92 Å². The molecule has 1 aliphatic carbocycles. The van der Waals surface area contributed by atoms with Gasteiger partial charge in [0.05, 0.1) is 10.0 Å². The molecule has 0 N–H and O–H groups in total. The molecule has 0 amide bonds. The summed E-state index contributed by atoms with van der Waals surface area (Å²) < 4.78 is 5.21. The molecular weight excluding hydrogens is 339 g/mol. The highest BCUT2D eigenvalue weighted by molar-refractivity contribution is 6.42. The topological polar surface area (TPSA) is 9.23 Å². The minimum absolute atomic E-state index is 0.599. The lowest BCUT2D eigenvalue weighted by molar-refractivity contribution is 0.163. The molecule has 0 radical (unpaired) electrons. The van der Waals surface area contributed by atoms with E-state index in [0.29, 0.717) is 16.0 Å². The van der Waals surface area contributed by atoms with Crippen molar-refractivity contribution in [2.45, 2.75) is 38.0 Å². The first-order valence-corrected chi connectivity index (χ1v) is 9.47. The second-order valence-electron chi connectivity index (χ2n) is 6.75. The fourth-order valence-electron chi connectivity index (χ4n) is 3.69. The van der Waals surface area contributed by atoms with Gasteiger partial charge < -0.3 is 4.74 Å². The summed E-state index contributed by atoms with van der Waals surface area (Å²) >= 11 is 12.1. The number of ether oxygens (including phenoxy) is 1. The molecule has 24 heavy (non-hydrogen) atoms. The molecule has 0 bridgehead atoms. The molecule has 0 atom stereocenters. The Hall–Kier alpha value is -1.02. The summed E-state index contributed by atoms with van der Waals surface area (Å²) in [5, 5.41) is 1.20. The molecule has 0 aliphatic heterocycles. The Kier molecular flexibility index (Phi) is 6.21. The molecule has 2 aromatic rings. The predicted molar refractivity (Wildman–Crippen MR) is 103 cm³/mol. The van der Waals surface area contributed by atoms with E-state index in [9.17, 15) is 0 Å². The highest BCUT2D eigenvalue weighted by Crippen LogP contribution is 2.38. The van der Waals surface area contributed by atoms with Gasteiger partial charge >= 0.3 is 0 Å². The molecule has 128 valence electrons. The highest BCUT2D eigenvalue weighted by Gasteiger charge is 2.22. The Morgan fingerprint density at radius 1 is 0.875 bits per heavy atom. The Morgan fingerprint density at radius 2 is 1.54 bits per heavy atom. The van der Waals surface area contributed by atoms with Crippen molar-refractivity contribution in [3.05, 3.63) is 58.1 Å². The van der Waals surface area contributed by atoms with Crippen LogP contribution in [0.15, 0.2) is 42.5 Å². The minimum Gasteiger partial charge on any atom is -0.385 e. The van der Waals surface area contributed by atoms with E-state index in [1.54, 1.807) is 7.11 Å². The number of rotatable bonds is 5. The lowest BCUT2D eigenvalue weighted by atomic mass is 9.77. The lowest BCUT2D eigenvalue weighted by Crippen LogP contribution is -2.14. The molecule has 0 unspecified atom stereocenters. The van der Waals surface area contributed by atoms with Crippen molar-refractivity contribution in [1.29, 1.82) is 0 Å². The summed E-state index contributed by atoms with van der Waals surface area (Å²) in [6.07, 6.45) is 6.44. The van der Waals surface area contributed by atoms with Crippen LogP contribution in [-0.4, -0.2) is 13.7 Å². The van der Waals surface area contributed by atoms with Crippen LogP contribution in [0.4, 0.5) is 0 Å². The third-order valence-corrected chi connectivity index (χ3v) is 5.95. The van der Waals surface area contributed by atoms with Gasteiger partial charge in [0.25, 0.3) is 0 Å².